The molecule has 2 aliphatic heterocycles. The summed E-state index contributed by atoms with van der Waals surface area (Å²) >= 11 is 0. The van der Waals surface area contributed by atoms with Crippen molar-refractivity contribution in [1.82, 2.24) is 15.5 Å². The number of nitrogens with zero attached hydrogens (tertiary/aromatic N) is 1. The molecular formula is C23H33N3O7. The van der Waals surface area contributed by atoms with E-state index in [0.717, 1.165) is 25.9 Å². The lowest BCUT2D eigenvalue weighted by Crippen LogP contribution is -2.43. The predicted molar refractivity (Wildman–Crippen MR) is 119 cm³/mol. The summed E-state index contributed by atoms with van der Waals surface area (Å²) in [4.78, 5) is 37.8. The summed E-state index contributed by atoms with van der Waals surface area (Å²) in [5, 5.41) is 24.3. The monoisotopic (exact) mass is 463 g/mol. The Balaban J connectivity index is 1.46. The number of benzene rings is 1. The predicted octanol–water partition coefficient (Wildman–Crippen LogP) is 0.800. The smallest absolute Gasteiger partial charge is 0.329 e. The Morgan fingerprint density at radius 3 is 2.36 bits per heavy atom. The van der Waals surface area contributed by atoms with Crippen LogP contribution in [0.4, 0.5) is 0 Å². The molecule has 0 aromatic heterocycles. The van der Waals surface area contributed by atoms with Crippen molar-refractivity contribution < 1.29 is 34.1 Å². The molecule has 3 rings (SSSR count). The highest BCUT2D eigenvalue weighted by molar-refractivity contribution is 5.83. The summed E-state index contributed by atoms with van der Waals surface area (Å²) in [6.07, 6.45) is 1.98. The average Bonchev–Trinajstić information content (AvgIpc) is 2.82. The minimum Gasteiger partial charge on any atom is -0.508 e. The molecule has 10 nitrogen and oxygen atoms in total. The number of carbonyl (C=O) groups is 3. The third-order valence-corrected chi connectivity index (χ3v) is 5.92. The van der Waals surface area contributed by atoms with Gasteiger partial charge in [0.2, 0.25) is 5.91 Å². The van der Waals surface area contributed by atoms with Crippen LogP contribution < -0.4 is 10.6 Å². The van der Waals surface area contributed by atoms with Gasteiger partial charge in [-0.1, -0.05) is 12.1 Å². The van der Waals surface area contributed by atoms with Crippen LogP contribution in [0, 0.1) is 0 Å². The van der Waals surface area contributed by atoms with Gasteiger partial charge in [-0.15, -0.1) is 0 Å². The molecule has 2 fully saturated rings. The molecule has 1 aromatic carbocycles. The van der Waals surface area contributed by atoms with Gasteiger partial charge in [-0.3, -0.25) is 9.59 Å². The van der Waals surface area contributed by atoms with E-state index in [1.165, 1.54) is 12.1 Å². The number of ether oxygens (including phenoxy) is 2. The van der Waals surface area contributed by atoms with Crippen LogP contribution in [0.5, 0.6) is 5.75 Å². The van der Waals surface area contributed by atoms with E-state index in [2.05, 4.69) is 10.6 Å². The zero-order valence-electron chi connectivity index (χ0n) is 18.7. The van der Waals surface area contributed by atoms with Crippen molar-refractivity contribution >= 4 is 17.8 Å². The summed E-state index contributed by atoms with van der Waals surface area (Å²) in [7, 11) is 0. The van der Waals surface area contributed by atoms with Crippen LogP contribution in [0.3, 0.4) is 0 Å². The van der Waals surface area contributed by atoms with E-state index in [4.69, 9.17) is 14.6 Å². The van der Waals surface area contributed by atoms with Crippen LogP contribution in [-0.2, 0) is 23.9 Å². The normalized spacial score (nSPS) is 18.6. The van der Waals surface area contributed by atoms with Crippen LogP contribution in [-0.4, -0.2) is 84.4 Å². The summed E-state index contributed by atoms with van der Waals surface area (Å²) in [5.41, 5.74) is 0.651. The van der Waals surface area contributed by atoms with Crippen molar-refractivity contribution in [2.75, 3.05) is 39.3 Å². The Morgan fingerprint density at radius 1 is 1.06 bits per heavy atom. The van der Waals surface area contributed by atoms with E-state index in [0.29, 0.717) is 31.5 Å². The first-order chi connectivity index (χ1) is 15.9. The number of hydrogen-bond donors (Lipinski definition) is 4. The number of carbonyl (C=O) groups excluding carboxylic acids is 2. The van der Waals surface area contributed by atoms with Crippen molar-refractivity contribution in [1.29, 1.82) is 0 Å². The van der Waals surface area contributed by atoms with Crippen LogP contribution in [0.2, 0.25) is 0 Å². The van der Waals surface area contributed by atoms with Gasteiger partial charge in [0.25, 0.3) is 5.91 Å². The highest BCUT2D eigenvalue weighted by Gasteiger charge is 2.27. The molecule has 0 bridgehead atoms. The fourth-order valence-electron chi connectivity index (χ4n) is 4.07. The first-order valence-corrected chi connectivity index (χ1v) is 11.5. The molecule has 33 heavy (non-hydrogen) atoms. The minimum absolute atomic E-state index is 0.0397. The van der Waals surface area contributed by atoms with Crippen LogP contribution >= 0.6 is 0 Å². The number of nitrogens with one attached hydrogen (secondary N) is 2. The molecule has 2 heterocycles. The second kappa shape index (κ2) is 12.5. The Labute approximate surface area is 193 Å². The summed E-state index contributed by atoms with van der Waals surface area (Å²) in [6, 6.07) is 6.38. The van der Waals surface area contributed by atoms with Gasteiger partial charge in [0.1, 0.15) is 12.4 Å². The van der Waals surface area contributed by atoms with Gasteiger partial charge in [0.15, 0.2) is 6.10 Å². The number of phenols is 1. The number of piperidine rings is 2. The molecule has 4 N–H and O–H groups in total. The Bertz CT molecular complexity index is 788. The number of likely N-dealkylation sites (tertiary alicyclic amines) is 1. The zero-order chi connectivity index (χ0) is 23.6. The van der Waals surface area contributed by atoms with E-state index in [1.54, 1.807) is 17.0 Å². The molecule has 0 spiro atoms. The highest BCUT2D eigenvalue weighted by atomic mass is 16.5. The lowest BCUT2D eigenvalue weighted by atomic mass is 10.1. The molecule has 2 aliphatic rings. The number of phenolic OH excluding ortho intramolecular Hbond substituents is 1. The molecule has 0 radical (unpaired) electrons. The zero-order valence-corrected chi connectivity index (χ0v) is 18.7. The lowest BCUT2D eigenvalue weighted by molar-refractivity contribution is -0.147. The van der Waals surface area contributed by atoms with Crippen LogP contribution in [0.1, 0.15) is 43.8 Å². The van der Waals surface area contributed by atoms with Gasteiger partial charge in [-0.2, -0.15) is 0 Å². The SMILES string of the molecule is O=C(O)COC1CCN(C(=O)CCNC(=O)[C@@H](OC2CCNCC2)c2ccc(O)cc2)CC1. The number of carboxylic acid groups (broad SMARTS) is 1. The number of rotatable bonds is 10. The number of amides is 2. The van der Waals surface area contributed by atoms with E-state index >= 15 is 0 Å². The van der Waals surface area contributed by atoms with Crippen LogP contribution in [0.15, 0.2) is 24.3 Å². The van der Waals surface area contributed by atoms with E-state index in [1.807, 2.05) is 0 Å². The van der Waals surface area contributed by atoms with Crippen molar-refractivity contribution in [2.45, 2.75) is 50.4 Å². The fourth-order valence-corrected chi connectivity index (χ4v) is 4.07. The van der Waals surface area contributed by atoms with Gasteiger partial charge in [0, 0.05) is 26.1 Å². The number of hydrogen-bond acceptors (Lipinski definition) is 7. The third-order valence-electron chi connectivity index (χ3n) is 5.92. The van der Waals surface area contributed by atoms with Crippen molar-refractivity contribution in [3.63, 3.8) is 0 Å². The molecule has 0 unspecified atom stereocenters. The number of carboxylic acids is 1. The van der Waals surface area contributed by atoms with Gasteiger partial charge in [0.05, 0.1) is 12.2 Å². The third kappa shape index (κ3) is 7.99. The maximum Gasteiger partial charge on any atom is 0.329 e. The number of aliphatic carboxylic acids is 1. The van der Waals surface area contributed by atoms with Crippen molar-refractivity contribution in [2.24, 2.45) is 0 Å². The van der Waals surface area contributed by atoms with Gasteiger partial charge < -0.3 is 35.2 Å². The van der Waals surface area contributed by atoms with Crippen molar-refractivity contribution in [3.05, 3.63) is 29.8 Å². The minimum atomic E-state index is -1.00. The number of aromatic hydroxyl groups is 1. The largest absolute Gasteiger partial charge is 0.508 e. The summed E-state index contributed by atoms with van der Waals surface area (Å²) in [5.74, 6) is -1.26. The van der Waals surface area contributed by atoms with Gasteiger partial charge >= 0.3 is 5.97 Å². The van der Waals surface area contributed by atoms with Gasteiger partial charge in [-0.05, 0) is 56.5 Å². The molecule has 2 saturated heterocycles. The van der Waals surface area contributed by atoms with E-state index in [9.17, 15) is 19.5 Å². The molecule has 0 saturated carbocycles. The fraction of sp³-hybridized carbons (Fsp3) is 0.609. The maximum atomic E-state index is 12.9. The molecule has 0 aliphatic carbocycles. The molecule has 1 aromatic rings. The Hall–Kier alpha value is -2.69. The molecule has 182 valence electrons. The van der Waals surface area contributed by atoms with Gasteiger partial charge in [-0.25, -0.2) is 4.79 Å². The molecule has 10 heteroatoms. The summed E-state index contributed by atoms with van der Waals surface area (Å²) in [6.45, 7) is 2.55. The van der Waals surface area contributed by atoms with E-state index in [-0.39, 0.29) is 49.3 Å². The molecule has 2 amide bonds. The Morgan fingerprint density at radius 2 is 1.73 bits per heavy atom. The standard InChI is InChI=1S/C23H33N3O7/c27-17-3-1-16(2-4-17)22(33-19-5-10-24-11-6-19)23(31)25-12-7-20(28)26-13-8-18(9-14-26)32-15-21(29)30/h1-4,18-19,22,24,27H,5-15H2,(H,25,31)(H,29,30)/t22-/m0/s1. The van der Waals surface area contributed by atoms with E-state index < -0.39 is 12.1 Å². The Kier molecular flexibility index (Phi) is 9.47. The quantitative estimate of drug-likeness (QED) is 0.400. The first kappa shape index (κ1) is 24.9. The molecular weight excluding hydrogens is 430 g/mol. The van der Waals surface area contributed by atoms with Crippen molar-refractivity contribution in [3.8, 4) is 5.75 Å². The second-order valence-electron chi connectivity index (χ2n) is 8.38. The topological polar surface area (TPSA) is 137 Å². The van der Waals surface area contributed by atoms with Crippen LogP contribution in [0.25, 0.3) is 0 Å². The summed E-state index contributed by atoms with van der Waals surface area (Å²) < 4.78 is 11.4. The highest BCUT2D eigenvalue weighted by Crippen LogP contribution is 2.24. The second-order valence-corrected chi connectivity index (χ2v) is 8.38. The lowest BCUT2D eigenvalue weighted by Gasteiger charge is -2.32. The molecule has 1 atom stereocenters. The maximum absolute atomic E-state index is 12.9. The average molecular weight is 464 g/mol. The first-order valence-electron chi connectivity index (χ1n) is 11.5.